The summed E-state index contributed by atoms with van der Waals surface area (Å²) in [5.74, 6) is 0.622. The van der Waals surface area contributed by atoms with Gasteiger partial charge < -0.3 is 19.6 Å². The van der Waals surface area contributed by atoms with Gasteiger partial charge in [-0.3, -0.25) is 14.4 Å². The highest BCUT2D eigenvalue weighted by Crippen LogP contribution is 2.32. The number of anilines is 1. The van der Waals surface area contributed by atoms with Crippen LogP contribution in [0.3, 0.4) is 0 Å². The van der Waals surface area contributed by atoms with Crippen molar-refractivity contribution in [3.8, 4) is 11.5 Å². The zero-order valence-corrected chi connectivity index (χ0v) is 17.3. The maximum Gasteiger partial charge on any atom is 0.316 e. The van der Waals surface area contributed by atoms with Gasteiger partial charge in [0, 0.05) is 17.1 Å². The Morgan fingerprint density at radius 3 is 2.58 bits per heavy atom. The summed E-state index contributed by atoms with van der Waals surface area (Å²) in [5.41, 5.74) is 0.267. The van der Waals surface area contributed by atoms with Crippen molar-refractivity contribution in [1.29, 1.82) is 0 Å². The molecule has 8 heteroatoms. The number of fused-ring (bicyclic) bond motifs is 1. The van der Waals surface area contributed by atoms with Crippen LogP contribution in [0.25, 0.3) is 11.0 Å². The molecular formula is C23H18ClN3O4. The second-order valence-corrected chi connectivity index (χ2v) is 7.18. The quantitative estimate of drug-likeness (QED) is 0.454. The molecule has 0 spiro atoms. The average Bonchev–Trinajstić information content (AvgIpc) is 2.77. The number of aromatic nitrogens is 2. The Morgan fingerprint density at radius 1 is 1.06 bits per heavy atom. The number of amides is 1. The Hall–Kier alpha value is -3.84. The summed E-state index contributed by atoms with van der Waals surface area (Å²) in [6, 6.07) is 18.8. The molecule has 1 aromatic heterocycles. The third kappa shape index (κ3) is 4.22. The number of hydrogen-bond acceptors (Lipinski definition) is 4. The number of nitrogens with one attached hydrogen (secondary N) is 2. The van der Waals surface area contributed by atoms with E-state index in [4.69, 9.17) is 16.3 Å². The highest BCUT2D eigenvalue weighted by Gasteiger charge is 2.14. The number of para-hydroxylation sites is 1. The van der Waals surface area contributed by atoms with Crippen molar-refractivity contribution >= 4 is 34.2 Å². The summed E-state index contributed by atoms with van der Waals surface area (Å²) in [7, 11) is 0. The highest BCUT2D eigenvalue weighted by molar-refractivity contribution is 6.31. The van der Waals surface area contributed by atoms with Gasteiger partial charge in [0.2, 0.25) is 0 Å². The summed E-state index contributed by atoms with van der Waals surface area (Å²) in [6.07, 6.45) is 0. The van der Waals surface area contributed by atoms with Crippen molar-refractivity contribution in [2.45, 2.75) is 13.5 Å². The third-order valence-electron chi connectivity index (χ3n) is 4.71. The van der Waals surface area contributed by atoms with E-state index in [2.05, 4.69) is 10.3 Å². The Morgan fingerprint density at radius 2 is 1.84 bits per heavy atom. The van der Waals surface area contributed by atoms with Crippen molar-refractivity contribution in [3.63, 3.8) is 0 Å². The van der Waals surface area contributed by atoms with E-state index in [1.807, 2.05) is 18.2 Å². The maximum atomic E-state index is 12.9. The molecule has 0 fully saturated rings. The number of ether oxygens (including phenoxy) is 1. The van der Waals surface area contributed by atoms with Gasteiger partial charge in [0.25, 0.3) is 5.91 Å². The van der Waals surface area contributed by atoms with Crippen molar-refractivity contribution < 1.29 is 9.53 Å². The molecule has 3 aromatic carbocycles. The minimum absolute atomic E-state index is 0.301. The zero-order valence-electron chi connectivity index (χ0n) is 16.5. The van der Waals surface area contributed by atoms with Crippen LogP contribution in [-0.4, -0.2) is 15.5 Å². The molecular weight excluding hydrogens is 418 g/mol. The van der Waals surface area contributed by atoms with E-state index in [1.165, 1.54) is 10.6 Å². The van der Waals surface area contributed by atoms with E-state index < -0.39 is 17.0 Å². The first-order chi connectivity index (χ1) is 15.0. The molecule has 0 saturated carbocycles. The Kier molecular flexibility index (Phi) is 5.60. The highest BCUT2D eigenvalue weighted by atomic mass is 35.5. The summed E-state index contributed by atoms with van der Waals surface area (Å²) in [5, 5.41) is 3.23. The predicted octanol–water partition coefficient (Wildman–Crippen LogP) is 4.41. The number of rotatable bonds is 5. The van der Waals surface area contributed by atoms with Gasteiger partial charge in [-0.1, -0.05) is 29.8 Å². The molecule has 0 aliphatic carbocycles. The monoisotopic (exact) mass is 435 g/mol. The predicted molar refractivity (Wildman–Crippen MR) is 120 cm³/mol. The van der Waals surface area contributed by atoms with Gasteiger partial charge in [0.1, 0.15) is 5.75 Å². The minimum Gasteiger partial charge on any atom is -0.455 e. The molecule has 156 valence electrons. The van der Waals surface area contributed by atoms with Crippen LogP contribution in [0.15, 0.2) is 76.3 Å². The van der Waals surface area contributed by atoms with E-state index >= 15 is 0 Å². The molecule has 1 amide bonds. The lowest BCUT2D eigenvalue weighted by Crippen LogP contribution is -2.36. The number of halogens is 1. The number of aromatic amines is 1. The number of nitrogens with zero attached hydrogens (tertiary/aromatic N) is 1. The number of carbonyl (C=O) groups is 1. The molecule has 0 atom stereocenters. The van der Waals surface area contributed by atoms with Crippen LogP contribution in [0.2, 0.25) is 5.02 Å². The summed E-state index contributed by atoms with van der Waals surface area (Å²) >= 11 is 6.11. The van der Waals surface area contributed by atoms with Gasteiger partial charge in [-0.25, -0.2) is 0 Å². The number of H-pyrrole nitrogens is 1. The van der Waals surface area contributed by atoms with Gasteiger partial charge >= 0.3 is 11.1 Å². The third-order valence-corrected chi connectivity index (χ3v) is 4.95. The Balaban J connectivity index is 1.68. The lowest BCUT2D eigenvalue weighted by atomic mass is 10.1. The van der Waals surface area contributed by atoms with Gasteiger partial charge in [-0.05, 0) is 55.5 Å². The average molecular weight is 436 g/mol. The molecule has 7 nitrogen and oxygen atoms in total. The topological polar surface area (TPSA) is 93.2 Å². The lowest BCUT2D eigenvalue weighted by Gasteiger charge is -2.13. The lowest BCUT2D eigenvalue weighted by molar-refractivity contribution is 0.102. The minimum atomic E-state index is -0.736. The molecule has 0 radical (unpaired) electrons. The van der Waals surface area contributed by atoms with Crippen molar-refractivity contribution in [2.75, 3.05) is 5.32 Å². The fourth-order valence-corrected chi connectivity index (χ4v) is 3.41. The van der Waals surface area contributed by atoms with Crippen LogP contribution in [0.5, 0.6) is 11.5 Å². The van der Waals surface area contributed by atoms with E-state index in [0.29, 0.717) is 45.4 Å². The first kappa shape index (κ1) is 20.4. The smallest absolute Gasteiger partial charge is 0.316 e. The fraction of sp³-hybridized carbons (Fsp3) is 0.0870. The van der Waals surface area contributed by atoms with E-state index in [-0.39, 0.29) is 0 Å². The van der Waals surface area contributed by atoms with Crippen molar-refractivity contribution in [3.05, 3.63) is 98.0 Å². The van der Waals surface area contributed by atoms with Crippen LogP contribution in [0.4, 0.5) is 5.69 Å². The largest absolute Gasteiger partial charge is 0.455 e. The van der Waals surface area contributed by atoms with Crippen LogP contribution >= 0.6 is 11.6 Å². The molecule has 4 aromatic rings. The fourth-order valence-electron chi connectivity index (χ4n) is 3.23. The van der Waals surface area contributed by atoms with E-state index in [9.17, 15) is 14.4 Å². The molecule has 4 rings (SSSR count). The van der Waals surface area contributed by atoms with Gasteiger partial charge in [-0.2, -0.15) is 0 Å². The van der Waals surface area contributed by atoms with Gasteiger partial charge in [0.05, 0.1) is 16.7 Å². The standard InChI is InChI=1S/C23H18ClN3O4/c1-2-27-19-10-8-14(12-17(19)25-22(29)23(27)30)21(28)26-18-13-15(24)9-11-20(18)31-16-6-4-3-5-7-16/h3-13H,2H2,1H3,(H,25,29)(H,26,28). The normalized spacial score (nSPS) is 10.8. The summed E-state index contributed by atoms with van der Waals surface area (Å²) < 4.78 is 7.23. The van der Waals surface area contributed by atoms with Crippen molar-refractivity contribution in [1.82, 2.24) is 9.55 Å². The van der Waals surface area contributed by atoms with Crippen molar-refractivity contribution in [2.24, 2.45) is 0 Å². The molecule has 0 aliphatic rings. The molecule has 31 heavy (non-hydrogen) atoms. The Bertz CT molecular complexity index is 1390. The molecule has 0 aliphatic heterocycles. The van der Waals surface area contributed by atoms with Crippen LogP contribution in [0, 0.1) is 0 Å². The summed E-state index contributed by atoms with van der Waals surface area (Å²) in [4.78, 5) is 39.4. The van der Waals surface area contributed by atoms with Crippen LogP contribution in [-0.2, 0) is 6.54 Å². The second-order valence-electron chi connectivity index (χ2n) is 6.75. The van der Waals surface area contributed by atoms with E-state index in [0.717, 1.165) is 0 Å². The number of hydrogen-bond donors (Lipinski definition) is 2. The Labute approximate surface area is 181 Å². The number of benzene rings is 3. The molecule has 0 unspecified atom stereocenters. The van der Waals surface area contributed by atoms with E-state index in [1.54, 1.807) is 49.4 Å². The molecule has 2 N–H and O–H groups in total. The number of aryl methyl sites for hydroxylation is 1. The molecule has 0 bridgehead atoms. The van der Waals surface area contributed by atoms with Crippen LogP contribution in [0.1, 0.15) is 17.3 Å². The SMILES string of the molecule is CCn1c(=O)c(=O)[nH]c2cc(C(=O)Nc3cc(Cl)ccc3Oc3ccccc3)ccc21. The number of carbonyl (C=O) groups excluding carboxylic acids is 1. The summed E-state index contributed by atoms with van der Waals surface area (Å²) in [6.45, 7) is 2.11. The molecule has 0 saturated heterocycles. The molecule has 1 heterocycles. The zero-order chi connectivity index (χ0) is 22.0. The van der Waals surface area contributed by atoms with Gasteiger partial charge in [0.15, 0.2) is 5.75 Å². The first-order valence-electron chi connectivity index (χ1n) is 9.57. The first-order valence-corrected chi connectivity index (χ1v) is 9.94. The maximum absolute atomic E-state index is 12.9. The van der Waals surface area contributed by atoms with Crippen LogP contribution < -0.4 is 21.2 Å². The van der Waals surface area contributed by atoms with Gasteiger partial charge in [-0.15, -0.1) is 0 Å². The second kappa shape index (κ2) is 8.49.